The van der Waals surface area contributed by atoms with Crippen molar-refractivity contribution in [1.29, 1.82) is 0 Å². The Morgan fingerprint density at radius 1 is 1.55 bits per heavy atom. The van der Waals surface area contributed by atoms with E-state index in [1.54, 1.807) is 18.5 Å². The average molecular weight is 296 g/mol. The zero-order valence-corrected chi connectivity index (χ0v) is 11.8. The molecule has 0 bridgehead atoms. The van der Waals surface area contributed by atoms with Crippen LogP contribution in [0, 0.1) is 5.82 Å². The summed E-state index contributed by atoms with van der Waals surface area (Å²) in [6, 6.07) is 2.47. The van der Waals surface area contributed by atoms with Crippen LogP contribution in [-0.4, -0.2) is 27.3 Å². The number of nitrogens with two attached hydrogens (primary N) is 1. The van der Waals surface area contributed by atoms with Gasteiger partial charge in [-0.25, -0.2) is 9.18 Å². The van der Waals surface area contributed by atoms with Crippen molar-refractivity contribution < 1.29 is 13.9 Å². The van der Waals surface area contributed by atoms with Crippen molar-refractivity contribution in [1.82, 2.24) is 14.8 Å². The molecule has 6 nitrogen and oxygen atoms in total. The van der Waals surface area contributed by atoms with Gasteiger partial charge in [0.15, 0.2) is 5.16 Å². The van der Waals surface area contributed by atoms with Gasteiger partial charge in [-0.15, -0.1) is 10.2 Å². The predicted octanol–water partition coefficient (Wildman–Crippen LogP) is 1.86. The minimum atomic E-state index is -0.579. The molecule has 8 heteroatoms. The summed E-state index contributed by atoms with van der Waals surface area (Å²) >= 11 is 1.06. The monoisotopic (exact) mass is 296 g/mol. The minimum Gasteiger partial charge on any atom is -0.462 e. The molecular weight excluding hydrogens is 283 g/mol. The highest BCUT2D eigenvalue weighted by Crippen LogP contribution is 2.31. The summed E-state index contributed by atoms with van der Waals surface area (Å²) in [6.45, 7) is 1.91. The first kappa shape index (κ1) is 14.3. The third kappa shape index (κ3) is 2.90. The lowest BCUT2D eigenvalue weighted by molar-refractivity contribution is 0.0527. The SMILES string of the molecule is CCOC(=O)c1cc(Sc2nncn2C)c(F)cc1N. The smallest absolute Gasteiger partial charge is 0.340 e. The molecule has 0 saturated heterocycles. The van der Waals surface area contributed by atoms with E-state index in [0.29, 0.717) is 5.16 Å². The van der Waals surface area contributed by atoms with Gasteiger partial charge in [0.2, 0.25) is 0 Å². The molecule has 0 atom stereocenters. The quantitative estimate of drug-likeness (QED) is 0.685. The maximum atomic E-state index is 13.9. The van der Waals surface area contributed by atoms with Crippen LogP contribution < -0.4 is 5.73 Å². The Morgan fingerprint density at radius 2 is 2.30 bits per heavy atom. The van der Waals surface area contributed by atoms with Gasteiger partial charge in [-0.2, -0.15) is 0 Å². The van der Waals surface area contributed by atoms with Crippen molar-refractivity contribution in [3.05, 3.63) is 29.8 Å². The molecule has 0 spiro atoms. The Labute approximate surface area is 119 Å². The second-order valence-corrected chi connectivity index (χ2v) is 4.93. The number of rotatable bonds is 4. The molecule has 0 aliphatic carbocycles. The Hall–Kier alpha value is -2.09. The van der Waals surface area contributed by atoms with Gasteiger partial charge in [-0.1, -0.05) is 0 Å². The van der Waals surface area contributed by atoms with E-state index in [1.165, 1.54) is 12.4 Å². The number of esters is 1. The van der Waals surface area contributed by atoms with E-state index < -0.39 is 11.8 Å². The molecule has 0 aliphatic heterocycles. The van der Waals surface area contributed by atoms with Crippen LogP contribution in [0.5, 0.6) is 0 Å². The lowest BCUT2D eigenvalue weighted by Crippen LogP contribution is -2.09. The highest BCUT2D eigenvalue weighted by molar-refractivity contribution is 7.99. The number of aromatic nitrogens is 3. The molecule has 1 aromatic heterocycles. The van der Waals surface area contributed by atoms with Crippen LogP contribution in [0.25, 0.3) is 0 Å². The summed E-state index contributed by atoms with van der Waals surface area (Å²) in [6.07, 6.45) is 1.50. The Balaban J connectivity index is 2.36. The van der Waals surface area contributed by atoms with Crippen LogP contribution in [0.15, 0.2) is 28.5 Å². The van der Waals surface area contributed by atoms with E-state index in [-0.39, 0.29) is 22.8 Å². The molecule has 20 heavy (non-hydrogen) atoms. The molecule has 0 fully saturated rings. The van der Waals surface area contributed by atoms with Crippen molar-refractivity contribution in [3.8, 4) is 0 Å². The molecule has 0 radical (unpaired) electrons. The number of aryl methyl sites for hydroxylation is 1. The number of anilines is 1. The fourth-order valence-electron chi connectivity index (χ4n) is 1.50. The Kier molecular flexibility index (Phi) is 4.23. The summed E-state index contributed by atoms with van der Waals surface area (Å²) < 4.78 is 20.4. The van der Waals surface area contributed by atoms with Crippen LogP contribution in [0.1, 0.15) is 17.3 Å². The number of halogens is 1. The highest BCUT2D eigenvalue weighted by atomic mass is 32.2. The van der Waals surface area contributed by atoms with Crippen molar-refractivity contribution in [3.63, 3.8) is 0 Å². The number of carbonyl (C=O) groups excluding carboxylic acids is 1. The molecule has 1 heterocycles. The fraction of sp³-hybridized carbons (Fsp3) is 0.250. The summed E-state index contributed by atoms with van der Waals surface area (Å²) in [5.74, 6) is -1.10. The lowest BCUT2D eigenvalue weighted by atomic mass is 10.2. The highest BCUT2D eigenvalue weighted by Gasteiger charge is 2.17. The maximum Gasteiger partial charge on any atom is 0.340 e. The van der Waals surface area contributed by atoms with E-state index >= 15 is 0 Å². The van der Waals surface area contributed by atoms with Crippen LogP contribution in [0.3, 0.4) is 0 Å². The van der Waals surface area contributed by atoms with Gasteiger partial charge in [0.05, 0.1) is 17.1 Å². The zero-order valence-electron chi connectivity index (χ0n) is 11.0. The first-order valence-corrected chi connectivity index (χ1v) is 6.62. The summed E-state index contributed by atoms with van der Waals surface area (Å²) in [7, 11) is 1.74. The number of ether oxygens (including phenoxy) is 1. The van der Waals surface area contributed by atoms with E-state index in [9.17, 15) is 9.18 Å². The predicted molar refractivity (Wildman–Crippen MR) is 71.9 cm³/mol. The minimum absolute atomic E-state index is 0.0447. The van der Waals surface area contributed by atoms with E-state index in [2.05, 4.69) is 10.2 Å². The average Bonchev–Trinajstić information content (AvgIpc) is 2.78. The van der Waals surface area contributed by atoms with Crippen LogP contribution in [0.4, 0.5) is 10.1 Å². The van der Waals surface area contributed by atoms with Gasteiger partial charge in [-0.05, 0) is 30.8 Å². The number of carbonyl (C=O) groups is 1. The van der Waals surface area contributed by atoms with Gasteiger partial charge in [0.25, 0.3) is 0 Å². The van der Waals surface area contributed by atoms with Crippen LogP contribution in [-0.2, 0) is 11.8 Å². The third-order valence-electron chi connectivity index (χ3n) is 2.47. The standard InChI is InChI=1S/C12H13FN4O2S/c1-3-19-11(18)7-4-10(8(13)5-9(7)14)20-12-16-15-6-17(12)2/h4-6H,3,14H2,1-2H3. The van der Waals surface area contributed by atoms with Crippen molar-refractivity contribution in [2.45, 2.75) is 17.0 Å². The topological polar surface area (TPSA) is 83.0 Å². The van der Waals surface area contributed by atoms with Crippen molar-refractivity contribution >= 4 is 23.4 Å². The molecule has 0 unspecified atom stereocenters. The van der Waals surface area contributed by atoms with E-state index in [0.717, 1.165) is 17.8 Å². The largest absolute Gasteiger partial charge is 0.462 e. The first-order valence-electron chi connectivity index (χ1n) is 5.81. The molecule has 0 aliphatic rings. The fourth-order valence-corrected chi connectivity index (χ4v) is 2.30. The number of nitrogens with zero attached hydrogens (tertiary/aromatic N) is 3. The van der Waals surface area contributed by atoms with Crippen LogP contribution >= 0.6 is 11.8 Å². The number of nitrogen functional groups attached to an aromatic ring is 1. The molecular formula is C12H13FN4O2S. The van der Waals surface area contributed by atoms with Gasteiger partial charge in [-0.3, -0.25) is 0 Å². The van der Waals surface area contributed by atoms with E-state index in [1.807, 2.05) is 0 Å². The lowest BCUT2D eigenvalue weighted by Gasteiger charge is -2.09. The van der Waals surface area contributed by atoms with Crippen molar-refractivity contribution in [2.75, 3.05) is 12.3 Å². The molecule has 0 saturated carbocycles. The molecule has 2 aromatic rings. The number of hydrogen-bond acceptors (Lipinski definition) is 6. The number of hydrogen-bond donors (Lipinski definition) is 1. The summed E-state index contributed by atoms with van der Waals surface area (Å²) in [5.41, 5.74) is 5.82. The molecule has 0 amide bonds. The van der Waals surface area contributed by atoms with Gasteiger partial charge in [0.1, 0.15) is 12.1 Å². The Bertz CT molecular complexity index is 644. The third-order valence-corrected chi connectivity index (χ3v) is 3.56. The second kappa shape index (κ2) is 5.91. The first-order chi connectivity index (χ1) is 9.52. The van der Waals surface area contributed by atoms with Gasteiger partial charge < -0.3 is 15.0 Å². The zero-order chi connectivity index (χ0) is 14.7. The van der Waals surface area contributed by atoms with Gasteiger partial charge >= 0.3 is 5.97 Å². The molecule has 2 rings (SSSR count). The second-order valence-electron chi connectivity index (χ2n) is 3.92. The molecule has 106 valence electrons. The summed E-state index contributed by atoms with van der Waals surface area (Å²) in [4.78, 5) is 12.0. The van der Waals surface area contributed by atoms with E-state index in [4.69, 9.17) is 10.5 Å². The van der Waals surface area contributed by atoms with Crippen molar-refractivity contribution in [2.24, 2.45) is 7.05 Å². The molecule has 2 N–H and O–H groups in total. The van der Waals surface area contributed by atoms with Gasteiger partial charge in [0, 0.05) is 12.7 Å². The maximum absolute atomic E-state index is 13.9. The van der Waals surface area contributed by atoms with Crippen LogP contribution in [0.2, 0.25) is 0 Å². The number of benzene rings is 1. The molecule has 1 aromatic carbocycles. The normalized spacial score (nSPS) is 10.6. The summed E-state index contributed by atoms with van der Waals surface area (Å²) in [5, 5.41) is 8.06. The Morgan fingerprint density at radius 3 is 2.90 bits per heavy atom.